The Balaban J connectivity index is 1.57. The van der Waals surface area contributed by atoms with Crippen LogP contribution in [0.25, 0.3) is 33.5 Å². The smallest absolute Gasteiger partial charge is 0.360 e. The van der Waals surface area contributed by atoms with E-state index in [1.165, 1.54) is 19.3 Å². The summed E-state index contributed by atoms with van der Waals surface area (Å²) < 4.78 is 7.27. The average molecular weight is 477 g/mol. The van der Waals surface area contributed by atoms with E-state index in [9.17, 15) is 4.79 Å². The summed E-state index contributed by atoms with van der Waals surface area (Å²) in [5.41, 5.74) is 9.05. The highest BCUT2D eigenvalue weighted by atomic mass is 35.5. The lowest BCUT2D eigenvalue weighted by Gasteiger charge is -2.21. The Hall–Kier alpha value is -3.52. The van der Waals surface area contributed by atoms with Crippen molar-refractivity contribution in [1.82, 2.24) is 24.7 Å². The van der Waals surface area contributed by atoms with E-state index in [0.29, 0.717) is 45.7 Å². The van der Waals surface area contributed by atoms with E-state index in [1.54, 1.807) is 23.1 Å². The second-order valence-corrected chi connectivity index (χ2v) is 9.07. The number of nitrogen functional groups attached to an aromatic ring is 1. The molecule has 0 radical (unpaired) electrons. The molecule has 0 saturated heterocycles. The monoisotopic (exact) mass is 476 g/mol. The number of benzene rings is 1. The van der Waals surface area contributed by atoms with Gasteiger partial charge in [0.15, 0.2) is 11.5 Å². The topological polar surface area (TPSA) is 109 Å². The molecule has 0 spiro atoms. The number of nitrogens with two attached hydrogens (primary N) is 1. The van der Waals surface area contributed by atoms with E-state index in [1.807, 2.05) is 31.3 Å². The van der Waals surface area contributed by atoms with Crippen LogP contribution in [0.3, 0.4) is 0 Å². The molecule has 1 aliphatic carbocycles. The standard InChI is InChI=1S/C25H25ClN6O2/c1-32-11-9-19(31-32)22-21(17-12-16-8-5-10-28-20(16)18(26)13-17)29-23(24(27)30-22)25(33)34-14-15-6-3-2-4-7-15/h5,8-13,15H,2-4,6-7,14H2,1H3,(H2,27,30). The number of esters is 1. The Kier molecular flexibility index (Phi) is 6.15. The fourth-order valence-electron chi connectivity index (χ4n) is 4.42. The molecular weight excluding hydrogens is 452 g/mol. The van der Waals surface area contributed by atoms with Gasteiger partial charge in [-0.1, -0.05) is 36.9 Å². The van der Waals surface area contributed by atoms with Crippen LogP contribution >= 0.6 is 11.6 Å². The summed E-state index contributed by atoms with van der Waals surface area (Å²) in [6.45, 7) is 0.366. The second-order valence-electron chi connectivity index (χ2n) is 8.67. The third-order valence-corrected chi connectivity index (χ3v) is 6.47. The first-order chi connectivity index (χ1) is 16.5. The summed E-state index contributed by atoms with van der Waals surface area (Å²) in [6, 6.07) is 9.25. The molecule has 0 aliphatic heterocycles. The van der Waals surface area contributed by atoms with Crippen LogP contribution in [0.15, 0.2) is 42.7 Å². The number of carbonyl (C=O) groups is 1. The van der Waals surface area contributed by atoms with Crippen LogP contribution in [0, 0.1) is 5.92 Å². The van der Waals surface area contributed by atoms with E-state index in [0.717, 1.165) is 18.2 Å². The number of nitrogens with zero attached hydrogens (tertiary/aromatic N) is 5. The van der Waals surface area contributed by atoms with Crippen molar-refractivity contribution in [2.75, 3.05) is 12.3 Å². The number of halogens is 1. The molecule has 2 N–H and O–H groups in total. The molecule has 3 aromatic heterocycles. The summed E-state index contributed by atoms with van der Waals surface area (Å²) in [6.07, 6.45) is 9.22. The van der Waals surface area contributed by atoms with Gasteiger partial charge in [-0.25, -0.2) is 14.8 Å². The van der Waals surface area contributed by atoms with E-state index < -0.39 is 5.97 Å². The second kappa shape index (κ2) is 9.38. The number of pyridine rings is 1. The number of ether oxygens (including phenoxy) is 1. The van der Waals surface area contributed by atoms with Gasteiger partial charge in [-0.05, 0) is 43.0 Å². The van der Waals surface area contributed by atoms with Crippen molar-refractivity contribution in [2.45, 2.75) is 32.1 Å². The van der Waals surface area contributed by atoms with Crippen molar-refractivity contribution in [3.8, 4) is 22.6 Å². The predicted molar refractivity (Wildman–Crippen MR) is 131 cm³/mol. The average Bonchev–Trinajstić information content (AvgIpc) is 3.29. The Morgan fingerprint density at radius 3 is 2.76 bits per heavy atom. The molecule has 174 valence electrons. The van der Waals surface area contributed by atoms with Crippen LogP contribution in [0.2, 0.25) is 5.02 Å². The molecule has 9 heteroatoms. The quantitative estimate of drug-likeness (QED) is 0.400. The van der Waals surface area contributed by atoms with Gasteiger partial charge in [0.05, 0.1) is 22.8 Å². The third-order valence-electron chi connectivity index (χ3n) is 6.18. The van der Waals surface area contributed by atoms with Gasteiger partial charge < -0.3 is 10.5 Å². The molecule has 1 aliphatic rings. The zero-order valence-corrected chi connectivity index (χ0v) is 19.6. The van der Waals surface area contributed by atoms with Crippen molar-refractivity contribution in [2.24, 2.45) is 13.0 Å². The lowest BCUT2D eigenvalue weighted by atomic mass is 9.90. The van der Waals surface area contributed by atoms with Crippen molar-refractivity contribution in [3.05, 3.63) is 53.4 Å². The molecule has 1 saturated carbocycles. The number of hydrogen-bond acceptors (Lipinski definition) is 7. The molecule has 0 atom stereocenters. The van der Waals surface area contributed by atoms with Gasteiger partial charge in [-0.2, -0.15) is 5.10 Å². The minimum absolute atomic E-state index is 0.00611. The van der Waals surface area contributed by atoms with Crippen molar-refractivity contribution in [1.29, 1.82) is 0 Å². The van der Waals surface area contributed by atoms with Crippen molar-refractivity contribution >= 4 is 34.3 Å². The highest BCUT2D eigenvalue weighted by Gasteiger charge is 2.24. The van der Waals surface area contributed by atoms with E-state index in [2.05, 4.69) is 20.1 Å². The van der Waals surface area contributed by atoms with Crippen LogP contribution in [0.1, 0.15) is 42.6 Å². The SMILES string of the molecule is Cn1ccc(-c2nc(N)c(C(=O)OCC3CCCCC3)nc2-c2cc(Cl)c3ncccc3c2)n1. The number of aromatic nitrogens is 5. The Morgan fingerprint density at radius 1 is 1.18 bits per heavy atom. The number of anilines is 1. The molecule has 3 heterocycles. The van der Waals surface area contributed by atoms with Crippen LogP contribution in [0.4, 0.5) is 5.82 Å². The Morgan fingerprint density at radius 2 is 2.00 bits per heavy atom. The molecule has 8 nitrogen and oxygen atoms in total. The van der Waals surface area contributed by atoms with Crippen LogP contribution < -0.4 is 5.73 Å². The van der Waals surface area contributed by atoms with E-state index in [4.69, 9.17) is 22.1 Å². The van der Waals surface area contributed by atoms with Gasteiger partial charge in [0.1, 0.15) is 11.4 Å². The number of rotatable bonds is 5. The molecule has 4 aromatic rings. The van der Waals surface area contributed by atoms with Crippen molar-refractivity contribution in [3.63, 3.8) is 0 Å². The molecule has 5 rings (SSSR count). The first-order valence-electron chi connectivity index (χ1n) is 11.4. The Bertz CT molecular complexity index is 1360. The minimum atomic E-state index is -0.571. The number of hydrogen-bond donors (Lipinski definition) is 1. The first kappa shape index (κ1) is 22.3. The molecule has 34 heavy (non-hydrogen) atoms. The van der Waals surface area contributed by atoms with Crippen LogP contribution in [0.5, 0.6) is 0 Å². The first-order valence-corrected chi connectivity index (χ1v) is 11.8. The summed E-state index contributed by atoms with van der Waals surface area (Å²) in [4.78, 5) is 26.5. The summed E-state index contributed by atoms with van der Waals surface area (Å²) in [7, 11) is 1.81. The van der Waals surface area contributed by atoms with Gasteiger partial charge in [0, 0.05) is 30.4 Å². The lowest BCUT2D eigenvalue weighted by Crippen LogP contribution is -2.19. The molecule has 1 fully saturated rings. The van der Waals surface area contributed by atoms with Gasteiger partial charge in [-0.3, -0.25) is 9.67 Å². The fourth-order valence-corrected chi connectivity index (χ4v) is 4.70. The highest BCUT2D eigenvalue weighted by molar-refractivity contribution is 6.35. The number of carbonyl (C=O) groups excluding carboxylic acids is 1. The van der Waals surface area contributed by atoms with Gasteiger partial charge in [0.2, 0.25) is 0 Å². The Labute approximate surface area is 202 Å². The van der Waals surface area contributed by atoms with Crippen molar-refractivity contribution < 1.29 is 9.53 Å². The van der Waals surface area contributed by atoms with Gasteiger partial charge >= 0.3 is 5.97 Å². The predicted octanol–water partition coefficient (Wildman–Crippen LogP) is 5.07. The summed E-state index contributed by atoms with van der Waals surface area (Å²) in [5, 5.41) is 5.78. The van der Waals surface area contributed by atoms with E-state index >= 15 is 0 Å². The summed E-state index contributed by atoms with van der Waals surface area (Å²) >= 11 is 6.54. The maximum absolute atomic E-state index is 13.0. The number of fused-ring (bicyclic) bond motifs is 1. The van der Waals surface area contributed by atoms with Gasteiger partial charge in [-0.15, -0.1) is 0 Å². The fraction of sp³-hybridized carbons (Fsp3) is 0.320. The lowest BCUT2D eigenvalue weighted by molar-refractivity contribution is 0.0404. The minimum Gasteiger partial charge on any atom is -0.461 e. The molecule has 0 amide bonds. The van der Waals surface area contributed by atoms with Crippen LogP contribution in [-0.4, -0.2) is 37.3 Å². The normalized spacial score (nSPS) is 14.4. The third kappa shape index (κ3) is 4.46. The number of aryl methyl sites for hydroxylation is 1. The van der Waals surface area contributed by atoms with E-state index in [-0.39, 0.29) is 11.5 Å². The maximum atomic E-state index is 13.0. The highest BCUT2D eigenvalue weighted by Crippen LogP contribution is 2.34. The largest absolute Gasteiger partial charge is 0.461 e. The zero-order chi connectivity index (χ0) is 23.7. The van der Waals surface area contributed by atoms with Gasteiger partial charge in [0.25, 0.3) is 0 Å². The molecule has 0 unspecified atom stereocenters. The maximum Gasteiger partial charge on any atom is 0.360 e. The van der Waals surface area contributed by atoms with Crippen LogP contribution in [-0.2, 0) is 11.8 Å². The molecular formula is C25H25ClN6O2. The molecule has 1 aromatic carbocycles. The zero-order valence-electron chi connectivity index (χ0n) is 18.9. The summed E-state index contributed by atoms with van der Waals surface area (Å²) in [5.74, 6) is -0.185. The molecule has 0 bridgehead atoms.